The number of esters is 3. The van der Waals surface area contributed by atoms with Crippen molar-refractivity contribution in [1.82, 2.24) is 0 Å². The first-order chi connectivity index (χ1) is 9.45. The van der Waals surface area contributed by atoms with Gasteiger partial charge in [-0.15, -0.1) is 0 Å². The van der Waals surface area contributed by atoms with E-state index in [1.165, 1.54) is 13.8 Å². The molecule has 0 amide bonds. The van der Waals surface area contributed by atoms with E-state index in [2.05, 4.69) is 0 Å². The molecule has 0 bridgehead atoms. The lowest BCUT2D eigenvalue weighted by atomic mass is 10.1. The van der Waals surface area contributed by atoms with E-state index < -0.39 is 0 Å². The summed E-state index contributed by atoms with van der Waals surface area (Å²) in [6.07, 6.45) is 2.62. The summed E-state index contributed by atoms with van der Waals surface area (Å²) < 4.78 is 14.8. The van der Waals surface area contributed by atoms with E-state index in [1.807, 2.05) is 0 Å². The number of rotatable bonds is 10. The molecule has 6 nitrogen and oxygen atoms in total. The smallest absolute Gasteiger partial charge is 0.305 e. The molecule has 0 heterocycles. The Balaban J connectivity index is 3.88. The molecule has 0 N–H and O–H groups in total. The van der Waals surface area contributed by atoms with Crippen molar-refractivity contribution in [1.29, 1.82) is 0 Å². The second kappa shape index (κ2) is 11.3. The molecular weight excluding hydrogens is 264 g/mol. The van der Waals surface area contributed by atoms with Crippen LogP contribution in [0.25, 0.3) is 0 Å². The largest absolute Gasteiger partial charge is 0.466 e. The molecule has 0 aliphatic rings. The third kappa shape index (κ3) is 11.5. The minimum absolute atomic E-state index is 0.212. The predicted molar refractivity (Wildman–Crippen MR) is 71.9 cm³/mol. The quantitative estimate of drug-likeness (QED) is 0.347. The first kappa shape index (κ1) is 18.4. The van der Waals surface area contributed by atoms with Crippen LogP contribution in [0.1, 0.15) is 52.9 Å². The molecule has 0 fully saturated rings. The lowest BCUT2D eigenvalue weighted by molar-refractivity contribution is -0.149. The van der Waals surface area contributed by atoms with Crippen molar-refractivity contribution in [3.63, 3.8) is 0 Å². The Labute approximate surface area is 119 Å². The third-order valence-electron chi connectivity index (χ3n) is 2.54. The zero-order valence-corrected chi connectivity index (χ0v) is 12.5. The van der Waals surface area contributed by atoms with Crippen LogP contribution in [-0.4, -0.2) is 37.2 Å². The maximum absolute atomic E-state index is 11.1. The van der Waals surface area contributed by atoms with Crippen LogP contribution in [0.15, 0.2) is 0 Å². The van der Waals surface area contributed by atoms with E-state index in [4.69, 9.17) is 14.2 Å². The van der Waals surface area contributed by atoms with Gasteiger partial charge in [-0.25, -0.2) is 0 Å². The molecule has 0 saturated carbocycles. The number of hydrogen-bond donors (Lipinski definition) is 0. The van der Waals surface area contributed by atoms with Gasteiger partial charge in [-0.3, -0.25) is 14.4 Å². The number of hydrogen-bond acceptors (Lipinski definition) is 6. The molecule has 0 spiro atoms. The molecular formula is C14H24O6. The van der Waals surface area contributed by atoms with Gasteiger partial charge in [0.05, 0.1) is 13.2 Å². The zero-order valence-electron chi connectivity index (χ0n) is 12.5. The molecule has 1 atom stereocenters. The Hall–Kier alpha value is -1.59. The SMILES string of the molecule is CCOC(=O)CCCC[C@@H](CCOC(C)=O)OC(C)=O. The minimum Gasteiger partial charge on any atom is -0.466 e. The average Bonchev–Trinajstić information content (AvgIpc) is 2.33. The minimum atomic E-state index is -0.358. The molecule has 20 heavy (non-hydrogen) atoms. The van der Waals surface area contributed by atoms with E-state index >= 15 is 0 Å². The van der Waals surface area contributed by atoms with Crippen molar-refractivity contribution in [2.75, 3.05) is 13.2 Å². The molecule has 116 valence electrons. The highest BCUT2D eigenvalue weighted by molar-refractivity contribution is 5.69. The fourth-order valence-corrected chi connectivity index (χ4v) is 1.71. The van der Waals surface area contributed by atoms with Crippen LogP contribution in [0.4, 0.5) is 0 Å². The average molecular weight is 288 g/mol. The van der Waals surface area contributed by atoms with Crippen molar-refractivity contribution >= 4 is 17.9 Å². The van der Waals surface area contributed by atoms with Crippen LogP contribution in [0, 0.1) is 0 Å². The van der Waals surface area contributed by atoms with E-state index in [-0.39, 0.29) is 30.6 Å². The predicted octanol–water partition coefficient (Wildman–Crippen LogP) is 1.99. The van der Waals surface area contributed by atoms with Crippen LogP contribution >= 0.6 is 0 Å². The topological polar surface area (TPSA) is 78.9 Å². The van der Waals surface area contributed by atoms with Gasteiger partial charge >= 0.3 is 17.9 Å². The van der Waals surface area contributed by atoms with Gasteiger partial charge in [0, 0.05) is 26.7 Å². The standard InChI is InChI=1S/C14H24O6/c1-4-18-14(17)8-6-5-7-13(20-12(3)16)9-10-19-11(2)15/h13H,4-10H2,1-3H3/t13-/m0/s1. The maximum atomic E-state index is 11.1. The Morgan fingerprint density at radius 2 is 1.65 bits per heavy atom. The van der Waals surface area contributed by atoms with Crippen LogP contribution in [0.3, 0.4) is 0 Å². The molecule has 0 aromatic heterocycles. The highest BCUT2D eigenvalue weighted by atomic mass is 16.6. The second-order valence-corrected chi connectivity index (χ2v) is 4.41. The molecule has 6 heteroatoms. The molecule has 0 aromatic carbocycles. The Morgan fingerprint density at radius 1 is 0.950 bits per heavy atom. The number of unbranched alkanes of at least 4 members (excludes halogenated alkanes) is 1. The van der Waals surface area contributed by atoms with Gasteiger partial charge < -0.3 is 14.2 Å². The molecule has 0 aromatic rings. The Kier molecular flexibility index (Phi) is 10.4. The molecule has 0 radical (unpaired) electrons. The van der Waals surface area contributed by atoms with Gasteiger partial charge in [0.2, 0.25) is 0 Å². The summed E-state index contributed by atoms with van der Waals surface area (Å²) in [5.41, 5.74) is 0. The Bertz CT molecular complexity index is 313. The third-order valence-corrected chi connectivity index (χ3v) is 2.54. The molecule has 0 aliphatic carbocycles. The van der Waals surface area contributed by atoms with E-state index in [9.17, 15) is 14.4 Å². The van der Waals surface area contributed by atoms with Gasteiger partial charge in [0.1, 0.15) is 6.10 Å². The first-order valence-electron chi connectivity index (χ1n) is 6.91. The van der Waals surface area contributed by atoms with Crippen molar-refractivity contribution in [2.45, 2.75) is 59.0 Å². The molecule has 0 aliphatic heterocycles. The van der Waals surface area contributed by atoms with Gasteiger partial charge in [0.15, 0.2) is 0 Å². The van der Waals surface area contributed by atoms with Crippen molar-refractivity contribution in [3.8, 4) is 0 Å². The monoisotopic (exact) mass is 288 g/mol. The second-order valence-electron chi connectivity index (χ2n) is 4.41. The molecule has 0 saturated heterocycles. The van der Waals surface area contributed by atoms with Crippen LogP contribution in [0.2, 0.25) is 0 Å². The maximum Gasteiger partial charge on any atom is 0.305 e. The lowest BCUT2D eigenvalue weighted by Crippen LogP contribution is -2.19. The van der Waals surface area contributed by atoms with E-state index in [0.29, 0.717) is 32.3 Å². The summed E-state index contributed by atoms with van der Waals surface area (Å²) >= 11 is 0. The van der Waals surface area contributed by atoms with E-state index in [0.717, 1.165) is 6.42 Å². The van der Waals surface area contributed by atoms with Crippen LogP contribution in [0.5, 0.6) is 0 Å². The molecule has 0 rings (SSSR count). The Morgan fingerprint density at radius 3 is 2.20 bits per heavy atom. The fraction of sp³-hybridized carbons (Fsp3) is 0.786. The van der Waals surface area contributed by atoms with Crippen molar-refractivity contribution in [2.24, 2.45) is 0 Å². The van der Waals surface area contributed by atoms with Gasteiger partial charge in [0.25, 0.3) is 0 Å². The summed E-state index contributed by atoms with van der Waals surface area (Å²) in [6.45, 7) is 5.06. The summed E-state index contributed by atoms with van der Waals surface area (Å²) in [5, 5.41) is 0. The normalized spacial score (nSPS) is 11.6. The zero-order chi connectivity index (χ0) is 15.4. The van der Waals surface area contributed by atoms with Gasteiger partial charge in [-0.05, 0) is 26.2 Å². The summed E-state index contributed by atoms with van der Waals surface area (Å²) in [4.78, 5) is 32.8. The summed E-state index contributed by atoms with van der Waals surface area (Å²) in [5.74, 6) is -0.923. The fourth-order valence-electron chi connectivity index (χ4n) is 1.71. The highest BCUT2D eigenvalue weighted by Crippen LogP contribution is 2.11. The summed E-state index contributed by atoms with van der Waals surface area (Å²) in [7, 11) is 0. The van der Waals surface area contributed by atoms with E-state index in [1.54, 1.807) is 6.92 Å². The van der Waals surface area contributed by atoms with Gasteiger partial charge in [-0.1, -0.05) is 0 Å². The number of carbonyl (C=O) groups is 3. The number of ether oxygens (including phenoxy) is 3. The van der Waals surface area contributed by atoms with Crippen LogP contribution in [-0.2, 0) is 28.6 Å². The van der Waals surface area contributed by atoms with Gasteiger partial charge in [-0.2, -0.15) is 0 Å². The van der Waals surface area contributed by atoms with Crippen molar-refractivity contribution in [3.05, 3.63) is 0 Å². The molecule has 0 unspecified atom stereocenters. The summed E-state index contributed by atoms with van der Waals surface area (Å²) in [6, 6.07) is 0. The van der Waals surface area contributed by atoms with Crippen LogP contribution < -0.4 is 0 Å². The highest BCUT2D eigenvalue weighted by Gasteiger charge is 2.13. The first-order valence-corrected chi connectivity index (χ1v) is 6.91. The van der Waals surface area contributed by atoms with Crippen molar-refractivity contribution < 1.29 is 28.6 Å². The lowest BCUT2D eigenvalue weighted by Gasteiger charge is -2.16. The number of carbonyl (C=O) groups excluding carboxylic acids is 3.